The van der Waals surface area contributed by atoms with Gasteiger partial charge in [0, 0.05) is 0 Å². The molecule has 0 atom stereocenters. The summed E-state index contributed by atoms with van der Waals surface area (Å²) in [5.74, 6) is 0. The van der Waals surface area contributed by atoms with Crippen LogP contribution >= 0.6 is 0 Å². The van der Waals surface area contributed by atoms with Gasteiger partial charge in [-0.05, 0) is 0 Å². The molecule has 0 aliphatic carbocycles. The van der Waals surface area contributed by atoms with E-state index in [9.17, 15) is 0 Å². The Morgan fingerprint density at radius 1 is 0.706 bits per heavy atom. The summed E-state index contributed by atoms with van der Waals surface area (Å²) in [6.07, 6.45) is 2.23. The van der Waals surface area contributed by atoms with Crippen molar-refractivity contribution >= 4 is 0 Å². The molecular formula is C33H42Ti. The number of benzene rings is 2. The van der Waals surface area contributed by atoms with Gasteiger partial charge in [0.15, 0.2) is 0 Å². The van der Waals surface area contributed by atoms with Gasteiger partial charge in [0.25, 0.3) is 0 Å². The third-order valence-electron chi connectivity index (χ3n) is 6.52. The summed E-state index contributed by atoms with van der Waals surface area (Å²) in [6.45, 7) is 19.6. The number of hydrogen-bond donors (Lipinski definition) is 0. The van der Waals surface area contributed by atoms with Gasteiger partial charge in [-0.3, -0.25) is 0 Å². The molecule has 0 spiro atoms. The van der Waals surface area contributed by atoms with Gasteiger partial charge >= 0.3 is 21.7 Å². The molecule has 0 fully saturated rings. The van der Waals surface area contributed by atoms with E-state index in [4.69, 9.17) is 0 Å². The molecule has 4 aromatic rings. The minimum Gasteiger partial charge on any atom is -0.214 e. The standard InChI is InChI=1S/C10H15.2C9H11.C5H5.Ti/c1-6-7(2)9(4)10(5)8(6)3;2*1-3-9-7-5-4-6-8(9)2;1-2-4-5-3-1;/h1-5H3;2*4,6-7H,3H2,1-2H3;1-5H;/q4*-1;+4. The van der Waals surface area contributed by atoms with Crippen molar-refractivity contribution in [3.05, 3.63) is 129 Å². The molecule has 4 aromatic carbocycles. The van der Waals surface area contributed by atoms with E-state index < -0.39 is 0 Å². The number of hydrogen-bond acceptors (Lipinski definition) is 0. The van der Waals surface area contributed by atoms with Crippen LogP contribution in [0.1, 0.15) is 63.9 Å². The van der Waals surface area contributed by atoms with Gasteiger partial charge in [0.2, 0.25) is 0 Å². The molecular weight excluding hydrogens is 444 g/mol. The molecule has 4 rings (SSSR count). The van der Waals surface area contributed by atoms with Gasteiger partial charge in [-0.15, -0.1) is 0 Å². The maximum atomic E-state index is 3.05. The Bertz CT molecular complexity index is 905. The second-order valence-corrected chi connectivity index (χ2v) is 8.50. The van der Waals surface area contributed by atoms with E-state index in [0.717, 1.165) is 12.8 Å². The second kappa shape index (κ2) is 17.3. The Labute approximate surface area is 225 Å². The average molecular weight is 487 g/mol. The first-order chi connectivity index (χ1) is 15.7. The first kappa shape index (κ1) is 31.9. The van der Waals surface area contributed by atoms with Crippen LogP contribution in [0.2, 0.25) is 0 Å². The molecule has 0 heterocycles. The van der Waals surface area contributed by atoms with Gasteiger partial charge < -0.3 is 0 Å². The minimum atomic E-state index is 0. The van der Waals surface area contributed by atoms with Crippen molar-refractivity contribution in [2.24, 2.45) is 0 Å². The third kappa shape index (κ3) is 10.4. The smallest absolute Gasteiger partial charge is 0.214 e. The SMILES string of the molecule is CCc1c[c-]ccc1C.CCc1c[c-]ccc1C.Cc1c(C)c(C)[c-](C)c1C.[Ti+4].c1cc[cH-]c1. The zero-order valence-corrected chi connectivity index (χ0v) is 24.3. The van der Waals surface area contributed by atoms with Gasteiger partial charge in [0.1, 0.15) is 0 Å². The van der Waals surface area contributed by atoms with Crippen molar-refractivity contribution in [2.75, 3.05) is 0 Å². The van der Waals surface area contributed by atoms with Crippen molar-refractivity contribution in [2.45, 2.75) is 75.2 Å². The predicted octanol–water partition coefficient (Wildman–Crippen LogP) is 9.07. The predicted molar refractivity (Wildman–Crippen MR) is 147 cm³/mol. The molecule has 0 radical (unpaired) electrons. The molecule has 178 valence electrons. The Balaban J connectivity index is 0.000000432. The zero-order valence-electron chi connectivity index (χ0n) is 22.8. The van der Waals surface area contributed by atoms with E-state index in [1.165, 1.54) is 50.1 Å². The summed E-state index contributed by atoms with van der Waals surface area (Å²) >= 11 is 0. The molecule has 1 heteroatoms. The maximum Gasteiger partial charge on any atom is 4.00 e. The van der Waals surface area contributed by atoms with E-state index in [2.05, 4.69) is 98.7 Å². The van der Waals surface area contributed by atoms with E-state index in [0.29, 0.717) is 0 Å². The van der Waals surface area contributed by atoms with Crippen LogP contribution in [0, 0.1) is 60.6 Å². The van der Waals surface area contributed by atoms with Crippen molar-refractivity contribution < 1.29 is 21.7 Å². The van der Waals surface area contributed by atoms with Crippen molar-refractivity contribution in [3.63, 3.8) is 0 Å². The average Bonchev–Trinajstić information content (AvgIpc) is 3.47. The largest absolute Gasteiger partial charge is 4.00 e. The van der Waals surface area contributed by atoms with Gasteiger partial charge in [0.05, 0.1) is 0 Å². The molecule has 0 N–H and O–H groups in total. The quantitative estimate of drug-likeness (QED) is 0.196. The molecule has 0 saturated heterocycles. The summed E-state index contributed by atoms with van der Waals surface area (Å²) in [7, 11) is 0. The molecule has 0 amide bonds. The molecule has 0 unspecified atom stereocenters. The fourth-order valence-corrected chi connectivity index (χ4v) is 3.57. The van der Waals surface area contributed by atoms with Crippen LogP contribution in [0.4, 0.5) is 0 Å². The van der Waals surface area contributed by atoms with Crippen molar-refractivity contribution in [1.82, 2.24) is 0 Å². The van der Waals surface area contributed by atoms with Crippen LogP contribution in [-0.2, 0) is 34.6 Å². The van der Waals surface area contributed by atoms with E-state index in [1.54, 1.807) is 0 Å². The molecule has 0 bridgehead atoms. The molecule has 0 nitrogen and oxygen atoms in total. The molecule has 34 heavy (non-hydrogen) atoms. The van der Waals surface area contributed by atoms with Crippen LogP contribution in [-0.4, -0.2) is 0 Å². The minimum absolute atomic E-state index is 0. The van der Waals surface area contributed by atoms with Crippen molar-refractivity contribution in [1.29, 1.82) is 0 Å². The normalized spacial score (nSPS) is 9.32. The summed E-state index contributed by atoms with van der Waals surface area (Å²) in [6, 6.07) is 28.3. The Morgan fingerprint density at radius 3 is 1.26 bits per heavy atom. The first-order valence-electron chi connectivity index (χ1n) is 12.0. The summed E-state index contributed by atoms with van der Waals surface area (Å²) in [5.41, 5.74) is 12.9. The number of aryl methyl sites for hydroxylation is 4. The van der Waals surface area contributed by atoms with E-state index in [1.807, 2.05) is 42.5 Å². The van der Waals surface area contributed by atoms with Gasteiger partial charge in [-0.1, -0.05) is 75.2 Å². The summed E-state index contributed by atoms with van der Waals surface area (Å²) in [5, 5.41) is 0. The number of rotatable bonds is 2. The summed E-state index contributed by atoms with van der Waals surface area (Å²) < 4.78 is 0. The summed E-state index contributed by atoms with van der Waals surface area (Å²) in [4.78, 5) is 0. The van der Waals surface area contributed by atoms with Crippen LogP contribution in [0.3, 0.4) is 0 Å². The maximum absolute atomic E-state index is 3.05. The zero-order chi connectivity index (χ0) is 24.8. The second-order valence-electron chi connectivity index (χ2n) is 8.50. The first-order valence-corrected chi connectivity index (χ1v) is 12.0. The van der Waals surface area contributed by atoms with E-state index >= 15 is 0 Å². The Morgan fingerprint density at radius 2 is 1.09 bits per heavy atom. The van der Waals surface area contributed by atoms with Gasteiger partial charge in [-0.2, -0.15) is 117 Å². The van der Waals surface area contributed by atoms with Crippen LogP contribution in [0.15, 0.2) is 66.7 Å². The molecule has 0 aromatic heterocycles. The van der Waals surface area contributed by atoms with Gasteiger partial charge in [-0.25, -0.2) is 12.1 Å². The topological polar surface area (TPSA) is 0 Å². The fourth-order valence-electron chi connectivity index (χ4n) is 3.57. The molecule has 0 aliphatic rings. The molecule has 0 saturated carbocycles. The monoisotopic (exact) mass is 486 g/mol. The fraction of sp³-hybridized carbons (Fsp3) is 0.333. The molecule has 0 aliphatic heterocycles. The Hall–Kier alpha value is -2.15. The van der Waals surface area contributed by atoms with Crippen molar-refractivity contribution in [3.8, 4) is 0 Å². The Kier molecular flexibility index (Phi) is 16.2. The van der Waals surface area contributed by atoms with E-state index in [-0.39, 0.29) is 21.7 Å². The van der Waals surface area contributed by atoms with Crippen LogP contribution in [0.25, 0.3) is 0 Å². The van der Waals surface area contributed by atoms with Crippen LogP contribution in [0.5, 0.6) is 0 Å². The third-order valence-corrected chi connectivity index (χ3v) is 6.52. The van der Waals surface area contributed by atoms with Crippen LogP contribution < -0.4 is 0 Å².